The molecule has 0 aliphatic carbocycles. The Kier molecular flexibility index (Phi) is 5.56. The molecule has 3 nitrogen and oxygen atoms in total. The number of imidazole rings is 1. The lowest BCUT2D eigenvalue weighted by atomic mass is 10.0. The number of hydrogen-bond donors (Lipinski definition) is 0. The van der Waals surface area contributed by atoms with Gasteiger partial charge in [0.1, 0.15) is 5.82 Å². The normalized spacial score (nSPS) is 10.8. The molecule has 4 rings (SSSR count). The van der Waals surface area contributed by atoms with Crippen LogP contribution in [0.1, 0.15) is 5.56 Å². The molecule has 4 aromatic rings. The van der Waals surface area contributed by atoms with Crippen LogP contribution in [0.25, 0.3) is 26.7 Å². The van der Waals surface area contributed by atoms with Crippen molar-refractivity contribution >= 4 is 56.2 Å². The van der Waals surface area contributed by atoms with Gasteiger partial charge in [-0.25, -0.2) is 9.83 Å². The van der Waals surface area contributed by atoms with E-state index in [0.29, 0.717) is 22.3 Å². The first-order chi connectivity index (χ1) is 13.6. The zero-order chi connectivity index (χ0) is 19.7. The van der Waals surface area contributed by atoms with E-state index < -0.39 is 0 Å². The monoisotopic (exact) mass is 487 g/mol. The summed E-state index contributed by atoms with van der Waals surface area (Å²) in [7, 11) is 0. The third-order valence-corrected chi connectivity index (χ3v) is 6.64. The number of benzene rings is 2. The fourth-order valence-corrected chi connectivity index (χ4v) is 5.29. The number of hydrogen-bond acceptors (Lipinski definition) is 2. The molecule has 0 N–H and O–H groups in total. The Morgan fingerprint density at radius 1 is 1.14 bits per heavy atom. The van der Waals surface area contributed by atoms with E-state index in [4.69, 9.17) is 29.8 Å². The van der Waals surface area contributed by atoms with Gasteiger partial charge in [-0.15, -0.1) is 11.3 Å². The van der Waals surface area contributed by atoms with Gasteiger partial charge in [-0.3, -0.25) is 0 Å². The van der Waals surface area contributed by atoms with Crippen LogP contribution in [-0.2, 0) is 6.54 Å². The summed E-state index contributed by atoms with van der Waals surface area (Å²) in [6.45, 7) is 8.35. The summed E-state index contributed by atoms with van der Waals surface area (Å²) in [5.74, 6) is 0.797. The second kappa shape index (κ2) is 8.10. The van der Waals surface area contributed by atoms with E-state index in [1.165, 1.54) is 16.9 Å². The van der Waals surface area contributed by atoms with E-state index in [9.17, 15) is 0 Å². The number of thiophene rings is 1. The number of halogens is 3. The summed E-state index contributed by atoms with van der Waals surface area (Å²) in [6.07, 6.45) is 3.72. The van der Waals surface area contributed by atoms with E-state index in [2.05, 4.69) is 42.5 Å². The smallest absolute Gasteiger partial charge is 0.220 e. The van der Waals surface area contributed by atoms with Crippen molar-refractivity contribution in [3.63, 3.8) is 0 Å². The van der Waals surface area contributed by atoms with Crippen molar-refractivity contribution in [1.29, 1.82) is 0 Å². The molecule has 0 bridgehead atoms. The predicted octanol–water partition coefficient (Wildman–Crippen LogP) is 7.95. The molecule has 0 saturated carbocycles. The molecule has 0 saturated heterocycles. The van der Waals surface area contributed by atoms with Crippen LogP contribution in [-0.4, -0.2) is 9.55 Å². The van der Waals surface area contributed by atoms with Crippen molar-refractivity contribution < 1.29 is 0 Å². The lowest BCUT2D eigenvalue weighted by Gasteiger charge is -2.11. The van der Waals surface area contributed by atoms with Gasteiger partial charge in [-0.05, 0) is 23.3 Å². The molecular weight excluding hydrogens is 477 g/mol. The third-order valence-electron chi connectivity index (χ3n) is 4.27. The van der Waals surface area contributed by atoms with Gasteiger partial charge in [0.05, 0.1) is 15.2 Å². The first-order valence-electron chi connectivity index (χ1n) is 8.29. The minimum atomic E-state index is 0.505. The highest BCUT2D eigenvalue weighted by molar-refractivity contribution is 9.11. The van der Waals surface area contributed by atoms with Gasteiger partial charge in [0.15, 0.2) is 0 Å². The zero-order valence-corrected chi connectivity index (χ0v) is 18.3. The molecule has 2 aromatic carbocycles. The molecule has 0 aliphatic rings. The van der Waals surface area contributed by atoms with Gasteiger partial charge < -0.3 is 4.57 Å². The minimum absolute atomic E-state index is 0.505. The summed E-state index contributed by atoms with van der Waals surface area (Å²) >= 11 is 17.6. The molecule has 0 amide bonds. The van der Waals surface area contributed by atoms with E-state index in [-0.39, 0.29) is 0 Å². The van der Waals surface area contributed by atoms with Crippen molar-refractivity contribution in [3.8, 4) is 21.8 Å². The molecule has 138 valence electrons. The fourth-order valence-electron chi connectivity index (χ4n) is 3.02. The SMILES string of the molecule is [C-]#[N+]c1c(Br)sc(-c2nccn2Cc2ccccc2)c1-c1ccc(Cl)cc1Cl. The van der Waals surface area contributed by atoms with Crippen LogP contribution in [0.5, 0.6) is 0 Å². The standard InChI is InChI=1S/C21H12BrCl2N3S/c1-25-18-17(15-8-7-14(23)11-16(15)24)19(28-20(18)22)21-26-9-10-27(21)12-13-5-3-2-4-6-13/h2-11H,12H2. The highest BCUT2D eigenvalue weighted by Crippen LogP contribution is 2.51. The average Bonchev–Trinajstić information content (AvgIpc) is 3.26. The highest BCUT2D eigenvalue weighted by atomic mass is 79.9. The second-order valence-electron chi connectivity index (χ2n) is 6.03. The van der Waals surface area contributed by atoms with Crippen LogP contribution in [0.2, 0.25) is 10.0 Å². The molecular formula is C21H12BrCl2N3S. The van der Waals surface area contributed by atoms with Gasteiger partial charge >= 0.3 is 0 Å². The van der Waals surface area contributed by atoms with Crippen molar-refractivity contribution in [2.45, 2.75) is 6.54 Å². The van der Waals surface area contributed by atoms with E-state index in [1.54, 1.807) is 18.3 Å². The zero-order valence-electron chi connectivity index (χ0n) is 14.4. The fraction of sp³-hybridized carbons (Fsp3) is 0.0476. The molecule has 0 radical (unpaired) electrons. The first kappa shape index (κ1) is 19.2. The number of rotatable bonds is 4. The number of aromatic nitrogens is 2. The molecule has 7 heteroatoms. The Labute approximate surface area is 185 Å². The Balaban J connectivity index is 1.89. The van der Waals surface area contributed by atoms with Crippen LogP contribution in [0, 0.1) is 6.57 Å². The maximum absolute atomic E-state index is 7.66. The van der Waals surface area contributed by atoms with Crippen LogP contribution in [0.3, 0.4) is 0 Å². The molecule has 2 heterocycles. The highest BCUT2D eigenvalue weighted by Gasteiger charge is 2.24. The summed E-state index contributed by atoms with van der Waals surface area (Å²) in [6, 6.07) is 15.5. The summed E-state index contributed by atoms with van der Waals surface area (Å²) in [4.78, 5) is 9.22. The molecule has 0 fully saturated rings. The molecule has 0 aliphatic heterocycles. The summed E-state index contributed by atoms with van der Waals surface area (Å²) < 4.78 is 2.84. The van der Waals surface area contributed by atoms with E-state index in [1.807, 2.05) is 30.5 Å². The van der Waals surface area contributed by atoms with Gasteiger partial charge in [0.2, 0.25) is 5.69 Å². The predicted molar refractivity (Wildman–Crippen MR) is 121 cm³/mol. The second-order valence-corrected chi connectivity index (χ2v) is 9.21. The molecule has 2 aromatic heterocycles. The van der Waals surface area contributed by atoms with Gasteiger partial charge in [-0.1, -0.05) is 75.5 Å². The molecule has 0 spiro atoms. The minimum Gasteiger partial charge on any atom is -0.326 e. The quantitative estimate of drug-likeness (QED) is 0.267. The average molecular weight is 489 g/mol. The molecule has 0 atom stereocenters. The van der Waals surface area contributed by atoms with Gasteiger partial charge in [0.25, 0.3) is 0 Å². The summed E-state index contributed by atoms with van der Waals surface area (Å²) in [5, 5.41) is 1.06. The lowest BCUT2D eigenvalue weighted by Crippen LogP contribution is -2.00. The van der Waals surface area contributed by atoms with Gasteiger partial charge in [-0.2, -0.15) is 0 Å². The largest absolute Gasteiger partial charge is 0.326 e. The van der Waals surface area contributed by atoms with E-state index in [0.717, 1.165) is 25.6 Å². The Bertz CT molecular complexity index is 1190. The van der Waals surface area contributed by atoms with Crippen LogP contribution >= 0.6 is 50.5 Å². The van der Waals surface area contributed by atoms with E-state index >= 15 is 0 Å². The van der Waals surface area contributed by atoms with Crippen molar-refractivity contribution in [3.05, 3.63) is 91.7 Å². The number of nitrogens with zero attached hydrogens (tertiary/aromatic N) is 3. The van der Waals surface area contributed by atoms with Crippen LogP contribution in [0.15, 0.2) is 64.7 Å². The Morgan fingerprint density at radius 2 is 1.93 bits per heavy atom. The first-order valence-corrected chi connectivity index (χ1v) is 10.7. The maximum Gasteiger partial charge on any atom is 0.220 e. The Hall–Kier alpha value is -2.10. The van der Waals surface area contributed by atoms with Gasteiger partial charge in [0, 0.05) is 34.5 Å². The third kappa shape index (κ3) is 3.61. The van der Waals surface area contributed by atoms with Crippen molar-refractivity contribution in [2.24, 2.45) is 0 Å². The summed E-state index contributed by atoms with van der Waals surface area (Å²) in [5.41, 5.74) is 3.24. The van der Waals surface area contributed by atoms with Crippen molar-refractivity contribution in [1.82, 2.24) is 9.55 Å². The molecule has 28 heavy (non-hydrogen) atoms. The topological polar surface area (TPSA) is 22.2 Å². The maximum atomic E-state index is 7.66. The van der Waals surface area contributed by atoms with Crippen LogP contribution < -0.4 is 0 Å². The lowest BCUT2D eigenvalue weighted by molar-refractivity contribution is 0.809. The van der Waals surface area contributed by atoms with Crippen LogP contribution in [0.4, 0.5) is 5.69 Å². The Morgan fingerprint density at radius 3 is 2.64 bits per heavy atom. The molecule has 0 unspecified atom stereocenters. The van der Waals surface area contributed by atoms with Crippen molar-refractivity contribution in [2.75, 3.05) is 0 Å².